The van der Waals surface area contributed by atoms with Crippen LogP contribution >= 0.6 is 23.2 Å². The van der Waals surface area contributed by atoms with Gasteiger partial charge in [-0.05, 0) is 42.5 Å². The highest BCUT2D eigenvalue weighted by Crippen LogP contribution is 2.34. The van der Waals surface area contributed by atoms with Crippen molar-refractivity contribution in [3.05, 3.63) is 96.7 Å². The Kier molecular flexibility index (Phi) is 6.36. The standard InChI is InChI=1S/C26H14Cl2N4O5/c1-2-9-36-24-16(11-18(28)13-21(24)32(34)35)14-29-31-25(30-20-6-4-3-5-19(20)26(31)33)23-12-15-10-17(27)7-8-22(15)37-23/h1,3-8,10-14H,9H2. The maximum absolute atomic E-state index is 13.5. The molecule has 0 atom stereocenters. The van der Waals surface area contributed by atoms with Crippen molar-refractivity contribution in [2.45, 2.75) is 0 Å². The van der Waals surface area contributed by atoms with Crippen LogP contribution < -0.4 is 10.3 Å². The van der Waals surface area contributed by atoms with Gasteiger partial charge in [-0.3, -0.25) is 14.9 Å². The molecule has 3 aromatic carbocycles. The van der Waals surface area contributed by atoms with E-state index in [1.54, 1.807) is 48.5 Å². The lowest BCUT2D eigenvalue weighted by atomic mass is 10.2. The Labute approximate surface area is 218 Å². The number of furan rings is 1. The molecule has 2 heterocycles. The number of halogens is 2. The number of rotatable bonds is 6. The van der Waals surface area contributed by atoms with Crippen molar-refractivity contribution >= 4 is 57.0 Å². The number of hydrogen-bond donors (Lipinski definition) is 0. The van der Waals surface area contributed by atoms with Gasteiger partial charge in [-0.25, -0.2) is 4.98 Å². The molecule has 0 aliphatic rings. The van der Waals surface area contributed by atoms with Gasteiger partial charge < -0.3 is 9.15 Å². The second-order valence-electron chi connectivity index (χ2n) is 7.70. The smallest absolute Gasteiger partial charge is 0.313 e. The first-order chi connectivity index (χ1) is 17.9. The Bertz CT molecular complexity index is 1840. The maximum Gasteiger partial charge on any atom is 0.313 e. The molecular weight excluding hydrogens is 519 g/mol. The summed E-state index contributed by atoms with van der Waals surface area (Å²) in [6, 6.07) is 16.1. The van der Waals surface area contributed by atoms with E-state index in [4.69, 9.17) is 38.8 Å². The van der Waals surface area contributed by atoms with Crippen molar-refractivity contribution in [1.29, 1.82) is 0 Å². The fourth-order valence-corrected chi connectivity index (χ4v) is 4.14. The number of fused-ring (bicyclic) bond motifs is 2. The molecule has 9 nitrogen and oxygen atoms in total. The van der Waals surface area contributed by atoms with Crippen LogP contribution in [-0.4, -0.2) is 27.4 Å². The van der Waals surface area contributed by atoms with E-state index in [0.717, 1.165) is 10.7 Å². The predicted molar refractivity (Wildman–Crippen MR) is 142 cm³/mol. The molecule has 5 aromatic rings. The monoisotopic (exact) mass is 532 g/mol. The van der Waals surface area contributed by atoms with E-state index in [1.807, 2.05) is 0 Å². The summed E-state index contributed by atoms with van der Waals surface area (Å²) in [5, 5.41) is 17.5. The van der Waals surface area contributed by atoms with Crippen LogP contribution in [0.2, 0.25) is 10.0 Å². The molecule has 0 aliphatic carbocycles. The summed E-state index contributed by atoms with van der Waals surface area (Å²) < 4.78 is 12.4. The van der Waals surface area contributed by atoms with Crippen LogP contribution in [0.3, 0.4) is 0 Å². The van der Waals surface area contributed by atoms with Crippen LogP contribution in [-0.2, 0) is 0 Å². The Morgan fingerprint density at radius 2 is 1.97 bits per heavy atom. The molecule has 0 saturated carbocycles. The van der Waals surface area contributed by atoms with E-state index < -0.39 is 16.2 Å². The highest BCUT2D eigenvalue weighted by molar-refractivity contribution is 6.31. The lowest BCUT2D eigenvalue weighted by Crippen LogP contribution is -2.20. The molecule has 0 aliphatic heterocycles. The quantitative estimate of drug-likeness (QED) is 0.116. The Morgan fingerprint density at radius 1 is 1.16 bits per heavy atom. The summed E-state index contributed by atoms with van der Waals surface area (Å²) in [5.74, 6) is 2.49. The summed E-state index contributed by atoms with van der Waals surface area (Å²) in [4.78, 5) is 29.0. The van der Waals surface area contributed by atoms with E-state index in [-0.39, 0.29) is 34.5 Å². The molecule has 182 valence electrons. The van der Waals surface area contributed by atoms with E-state index in [2.05, 4.69) is 16.0 Å². The number of nitro groups is 1. The molecule has 37 heavy (non-hydrogen) atoms. The van der Waals surface area contributed by atoms with Gasteiger partial charge in [0.25, 0.3) is 5.56 Å². The van der Waals surface area contributed by atoms with Crippen LogP contribution in [0.4, 0.5) is 5.69 Å². The van der Waals surface area contributed by atoms with Gasteiger partial charge in [-0.15, -0.1) is 6.42 Å². The molecular formula is C26H14Cl2N4O5. The molecule has 2 aromatic heterocycles. The second-order valence-corrected chi connectivity index (χ2v) is 8.57. The van der Waals surface area contributed by atoms with Crippen LogP contribution in [0.1, 0.15) is 5.56 Å². The number of ether oxygens (including phenoxy) is 1. The minimum absolute atomic E-state index is 0.0691. The second kappa shape index (κ2) is 9.78. The van der Waals surface area contributed by atoms with Gasteiger partial charge in [0.2, 0.25) is 11.6 Å². The van der Waals surface area contributed by atoms with Gasteiger partial charge in [-0.2, -0.15) is 9.78 Å². The fourth-order valence-electron chi connectivity index (χ4n) is 3.74. The summed E-state index contributed by atoms with van der Waals surface area (Å²) in [5.41, 5.74) is 0.217. The summed E-state index contributed by atoms with van der Waals surface area (Å²) in [6.45, 7) is -0.229. The molecule has 11 heteroatoms. The number of para-hydroxylation sites is 1. The van der Waals surface area contributed by atoms with Crippen molar-refractivity contribution in [3.8, 4) is 29.7 Å². The predicted octanol–water partition coefficient (Wildman–Crippen LogP) is 5.92. The summed E-state index contributed by atoms with van der Waals surface area (Å²) in [7, 11) is 0. The van der Waals surface area contributed by atoms with Gasteiger partial charge in [0.15, 0.2) is 5.76 Å². The van der Waals surface area contributed by atoms with Gasteiger partial charge in [0, 0.05) is 27.1 Å². The fraction of sp³-hybridized carbons (Fsp3) is 0.0385. The van der Waals surface area contributed by atoms with Gasteiger partial charge in [-0.1, -0.05) is 41.3 Å². The van der Waals surface area contributed by atoms with Crippen molar-refractivity contribution in [3.63, 3.8) is 0 Å². The first kappa shape index (κ1) is 24.1. The van der Waals surface area contributed by atoms with E-state index in [9.17, 15) is 14.9 Å². The van der Waals surface area contributed by atoms with Gasteiger partial charge >= 0.3 is 5.69 Å². The Hall–Kier alpha value is -4.65. The van der Waals surface area contributed by atoms with Crippen LogP contribution in [0, 0.1) is 22.5 Å². The third-order valence-electron chi connectivity index (χ3n) is 5.32. The van der Waals surface area contributed by atoms with Crippen molar-refractivity contribution in [2.75, 3.05) is 6.61 Å². The van der Waals surface area contributed by atoms with Gasteiger partial charge in [0.05, 0.1) is 22.0 Å². The molecule has 0 bridgehead atoms. The SMILES string of the molecule is C#CCOc1c(C=Nn2c(-c3cc4cc(Cl)ccc4o3)nc3ccccc3c2=O)cc(Cl)cc1[N+](=O)[O-]. The number of nitro benzene ring substituents is 1. The molecule has 0 N–H and O–H groups in total. The van der Waals surface area contributed by atoms with E-state index in [0.29, 0.717) is 26.9 Å². The molecule has 0 amide bonds. The zero-order valence-corrected chi connectivity index (χ0v) is 20.2. The first-order valence-electron chi connectivity index (χ1n) is 10.7. The third-order valence-corrected chi connectivity index (χ3v) is 5.78. The number of hydrogen-bond acceptors (Lipinski definition) is 7. The molecule has 5 rings (SSSR count). The van der Waals surface area contributed by atoms with Crippen LogP contribution in [0.15, 0.2) is 75.0 Å². The van der Waals surface area contributed by atoms with Crippen molar-refractivity contribution in [1.82, 2.24) is 9.66 Å². The van der Waals surface area contributed by atoms with E-state index in [1.165, 1.54) is 12.3 Å². The highest BCUT2D eigenvalue weighted by atomic mass is 35.5. The number of nitrogens with zero attached hydrogens (tertiary/aromatic N) is 4. The normalized spacial score (nSPS) is 11.3. The largest absolute Gasteiger partial charge is 0.473 e. The van der Waals surface area contributed by atoms with Crippen LogP contribution in [0.5, 0.6) is 5.75 Å². The highest BCUT2D eigenvalue weighted by Gasteiger charge is 2.21. The average Bonchev–Trinajstić information content (AvgIpc) is 3.30. The topological polar surface area (TPSA) is 113 Å². The summed E-state index contributed by atoms with van der Waals surface area (Å²) >= 11 is 12.2. The summed E-state index contributed by atoms with van der Waals surface area (Å²) in [6.07, 6.45) is 6.48. The zero-order chi connectivity index (χ0) is 26.1. The lowest BCUT2D eigenvalue weighted by Gasteiger charge is -2.09. The van der Waals surface area contributed by atoms with Crippen LogP contribution in [0.25, 0.3) is 33.5 Å². The molecule has 0 saturated heterocycles. The minimum Gasteiger partial charge on any atom is -0.473 e. The number of benzene rings is 3. The molecule has 0 spiro atoms. The first-order valence-corrected chi connectivity index (χ1v) is 11.4. The Morgan fingerprint density at radius 3 is 2.76 bits per heavy atom. The molecule has 0 unspecified atom stereocenters. The number of terminal acetylenes is 1. The molecule has 0 radical (unpaired) electrons. The molecule has 0 fully saturated rings. The van der Waals surface area contributed by atoms with Crippen molar-refractivity contribution in [2.24, 2.45) is 5.10 Å². The van der Waals surface area contributed by atoms with Crippen molar-refractivity contribution < 1.29 is 14.1 Å². The van der Waals surface area contributed by atoms with Gasteiger partial charge in [0.1, 0.15) is 12.2 Å². The number of aromatic nitrogens is 2. The third kappa shape index (κ3) is 4.63. The average molecular weight is 533 g/mol. The zero-order valence-electron chi connectivity index (χ0n) is 18.7. The maximum atomic E-state index is 13.5. The van der Waals surface area contributed by atoms with E-state index >= 15 is 0 Å². The minimum atomic E-state index is -0.649. The lowest BCUT2D eigenvalue weighted by molar-refractivity contribution is -0.385. The Balaban J connectivity index is 1.73.